The highest BCUT2D eigenvalue weighted by Gasteiger charge is 2.17. The molecule has 2 rings (SSSR count). The van der Waals surface area contributed by atoms with Crippen LogP contribution in [0.25, 0.3) is 0 Å². The number of nitrogens with one attached hydrogen (secondary N) is 1. The SMILES string of the molecule is CCNC(Cc1ccccc1Br)c1ncc(Cl)cc1Cl. The van der Waals surface area contributed by atoms with E-state index in [1.165, 1.54) is 5.56 Å². The van der Waals surface area contributed by atoms with Crippen molar-refractivity contribution in [1.82, 2.24) is 10.3 Å². The van der Waals surface area contributed by atoms with E-state index < -0.39 is 0 Å². The summed E-state index contributed by atoms with van der Waals surface area (Å²) in [4.78, 5) is 4.38. The monoisotopic (exact) mass is 372 g/mol. The highest BCUT2D eigenvalue weighted by Crippen LogP contribution is 2.28. The Hall–Kier alpha value is -0.610. The Morgan fingerprint density at radius 3 is 2.70 bits per heavy atom. The van der Waals surface area contributed by atoms with Crippen LogP contribution in [0.1, 0.15) is 24.2 Å². The van der Waals surface area contributed by atoms with Crippen molar-refractivity contribution in [2.75, 3.05) is 6.54 Å². The first-order chi connectivity index (χ1) is 9.61. The molecular weight excluding hydrogens is 359 g/mol. The zero-order valence-corrected chi connectivity index (χ0v) is 14.1. The highest BCUT2D eigenvalue weighted by molar-refractivity contribution is 9.10. The summed E-state index contributed by atoms with van der Waals surface area (Å²) in [5, 5.41) is 4.57. The molecule has 0 fully saturated rings. The quantitative estimate of drug-likeness (QED) is 0.793. The molecule has 2 aromatic rings. The third kappa shape index (κ3) is 3.95. The Balaban J connectivity index is 2.29. The van der Waals surface area contributed by atoms with Gasteiger partial charge in [-0.3, -0.25) is 4.98 Å². The minimum Gasteiger partial charge on any atom is -0.309 e. The Morgan fingerprint density at radius 1 is 1.30 bits per heavy atom. The number of hydrogen-bond donors (Lipinski definition) is 1. The van der Waals surface area contributed by atoms with Gasteiger partial charge in [0.25, 0.3) is 0 Å². The zero-order chi connectivity index (χ0) is 14.5. The van der Waals surface area contributed by atoms with Crippen LogP contribution in [-0.2, 0) is 6.42 Å². The summed E-state index contributed by atoms with van der Waals surface area (Å²) in [6, 6.07) is 9.95. The van der Waals surface area contributed by atoms with Gasteiger partial charge in [-0.2, -0.15) is 0 Å². The number of nitrogens with zero attached hydrogens (tertiary/aromatic N) is 1. The molecule has 1 heterocycles. The molecule has 0 aliphatic heterocycles. The number of likely N-dealkylation sites (N-methyl/N-ethyl adjacent to an activating group) is 1. The van der Waals surface area contributed by atoms with Crippen LogP contribution in [0, 0.1) is 0 Å². The summed E-state index contributed by atoms with van der Waals surface area (Å²) in [6.45, 7) is 2.91. The van der Waals surface area contributed by atoms with E-state index in [0.29, 0.717) is 10.0 Å². The number of hydrogen-bond acceptors (Lipinski definition) is 2. The number of aromatic nitrogens is 1. The molecule has 0 saturated carbocycles. The smallest absolute Gasteiger partial charge is 0.0763 e. The molecule has 106 valence electrons. The van der Waals surface area contributed by atoms with Crippen LogP contribution < -0.4 is 5.32 Å². The molecule has 0 aliphatic rings. The molecule has 1 aromatic carbocycles. The van der Waals surface area contributed by atoms with Crippen LogP contribution in [-0.4, -0.2) is 11.5 Å². The van der Waals surface area contributed by atoms with Gasteiger partial charge >= 0.3 is 0 Å². The Labute approximate surface area is 137 Å². The van der Waals surface area contributed by atoms with Crippen molar-refractivity contribution in [3.63, 3.8) is 0 Å². The summed E-state index contributed by atoms with van der Waals surface area (Å²) in [6.07, 6.45) is 2.44. The van der Waals surface area contributed by atoms with Crippen molar-refractivity contribution in [2.24, 2.45) is 0 Å². The van der Waals surface area contributed by atoms with E-state index in [-0.39, 0.29) is 6.04 Å². The van der Waals surface area contributed by atoms with E-state index in [1.54, 1.807) is 12.3 Å². The third-order valence-corrected chi connectivity index (χ3v) is 4.28. The van der Waals surface area contributed by atoms with E-state index >= 15 is 0 Å². The minimum absolute atomic E-state index is 0.0588. The third-order valence-electron chi connectivity index (χ3n) is 3.00. The molecule has 0 aliphatic carbocycles. The fourth-order valence-corrected chi connectivity index (χ4v) is 3.04. The molecule has 2 nitrogen and oxygen atoms in total. The van der Waals surface area contributed by atoms with E-state index in [2.05, 4.69) is 39.2 Å². The lowest BCUT2D eigenvalue weighted by molar-refractivity contribution is 0.536. The molecule has 1 N–H and O–H groups in total. The first-order valence-corrected chi connectivity index (χ1v) is 7.94. The van der Waals surface area contributed by atoms with Crippen LogP contribution in [0.3, 0.4) is 0 Å². The summed E-state index contributed by atoms with van der Waals surface area (Å²) in [5.41, 5.74) is 2.04. The topological polar surface area (TPSA) is 24.9 Å². The molecule has 20 heavy (non-hydrogen) atoms. The molecule has 5 heteroatoms. The lowest BCUT2D eigenvalue weighted by Crippen LogP contribution is -2.24. The van der Waals surface area contributed by atoms with Gasteiger partial charge in [0.2, 0.25) is 0 Å². The first-order valence-electron chi connectivity index (χ1n) is 6.39. The zero-order valence-electron chi connectivity index (χ0n) is 11.0. The Morgan fingerprint density at radius 2 is 2.05 bits per heavy atom. The van der Waals surface area contributed by atoms with Crippen LogP contribution in [0.2, 0.25) is 10.0 Å². The number of halogens is 3. The fraction of sp³-hybridized carbons (Fsp3) is 0.267. The Kier molecular flexibility index (Phi) is 5.85. The van der Waals surface area contributed by atoms with Crippen molar-refractivity contribution in [3.05, 3.63) is 62.3 Å². The average molecular weight is 374 g/mol. The summed E-state index contributed by atoms with van der Waals surface area (Å²) in [7, 11) is 0. The maximum atomic E-state index is 6.27. The predicted octanol–water partition coefficient (Wildman–Crippen LogP) is 5.04. The van der Waals surface area contributed by atoms with Gasteiger partial charge in [0.1, 0.15) is 0 Å². The molecule has 1 unspecified atom stereocenters. The van der Waals surface area contributed by atoms with Crippen LogP contribution in [0.15, 0.2) is 41.0 Å². The van der Waals surface area contributed by atoms with Crippen molar-refractivity contribution < 1.29 is 0 Å². The summed E-state index contributed by atoms with van der Waals surface area (Å²) >= 11 is 15.8. The predicted molar refractivity (Wildman–Crippen MR) is 88.5 cm³/mol. The Bertz CT molecular complexity index is 590. The minimum atomic E-state index is 0.0588. The summed E-state index contributed by atoms with van der Waals surface area (Å²) in [5.74, 6) is 0. The lowest BCUT2D eigenvalue weighted by Gasteiger charge is -2.19. The van der Waals surface area contributed by atoms with Gasteiger partial charge in [-0.1, -0.05) is 64.3 Å². The molecule has 0 amide bonds. The van der Waals surface area contributed by atoms with Crippen molar-refractivity contribution >= 4 is 39.1 Å². The van der Waals surface area contributed by atoms with Crippen molar-refractivity contribution in [2.45, 2.75) is 19.4 Å². The van der Waals surface area contributed by atoms with Crippen molar-refractivity contribution in [1.29, 1.82) is 0 Å². The van der Waals surface area contributed by atoms with E-state index in [0.717, 1.165) is 23.1 Å². The van der Waals surface area contributed by atoms with Crippen LogP contribution in [0.5, 0.6) is 0 Å². The maximum absolute atomic E-state index is 6.27. The van der Waals surface area contributed by atoms with Crippen LogP contribution in [0.4, 0.5) is 0 Å². The van der Waals surface area contributed by atoms with Gasteiger partial charge in [0.05, 0.1) is 21.8 Å². The average Bonchev–Trinajstić information content (AvgIpc) is 2.41. The number of pyridine rings is 1. The second-order valence-corrected chi connectivity index (χ2v) is 6.12. The molecule has 0 bridgehead atoms. The number of benzene rings is 1. The fourth-order valence-electron chi connectivity index (χ4n) is 2.08. The molecule has 1 aromatic heterocycles. The summed E-state index contributed by atoms with van der Waals surface area (Å²) < 4.78 is 1.09. The van der Waals surface area contributed by atoms with Crippen molar-refractivity contribution in [3.8, 4) is 0 Å². The van der Waals surface area contributed by atoms with Gasteiger partial charge in [-0.25, -0.2) is 0 Å². The van der Waals surface area contributed by atoms with Gasteiger partial charge < -0.3 is 5.32 Å². The lowest BCUT2D eigenvalue weighted by atomic mass is 10.0. The second kappa shape index (κ2) is 7.41. The van der Waals surface area contributed by atoms with Gasteiger partial charge in [0.15, 0.2) is 0 Å². The maximum Gasteiger partial charge on any atom is 0.0763 e. The molecule has 0 saturated heterocycles. The van der Waals surface area contributed by atoms with E-state index in [4.69, 9.17) is 23.2 Å². The van der Waals surface area contributed by atoms with E-state index in [9.17, 15) is 0 Å². The van der Waals surface area contributed by atoms with Crippen LogP contribution >= 0.6 is 39.1 Å². The standard InChI is InChI=1S/C15H15BrCl2N2/c1-2-19-14(7-10-5-3-4-6-12(10)16)15-13(18)8-11(17)9-20-15/h3-6,8-9,14,19H,2,7H2,1H3. The molecule has 0 radical (unpaired) electrons. The van der Waals surface area contributed by atoms with Gasteiger partial charge in [-0.05, 0) is 30.7 Å². The van der Waals surface area contributed by atoms with E-state index in [1.807, 2.05) is 18.2 Å². The normalized spacial score (nSPS) is 12.4. The second-order valence-electron chi connectivity index (χ2n) is 4.43. The highest BCUT2D eigenvalue weighted by atomic mass is 79.9. The first kappa shape index (κ1) is 15.8. The van der Waals surface area contributed by atoms with Gasteiger partial charge in [-0.15, -0.1) is 0 Å². The molecular formula is C15H15BrCl2N2. The van der Waals surface area contributed by atoms with Gasteiger partial charge in [0, 0.05) is 10.7 Å². The molecule has 0 spiro atoms. The molecule has 1 atom stereocenters. The number of rotatable bonds is 5. The largest absolute Gasteiger partial charge is 0.309 e.